The predicted octanol–water partition coefficient (Wildman–Crippen LogP) is 2.85. The summed E-state index contributed by atoms with van der Waals surface area (Å²) in [4.78, 5) is 26.3. The van der Waals surface area contributed by atoms with E-state index in [0.717, 1.165) is 0 Å². The standard InChI is InChI=1S/C19H24F2N2O6/c1-5-27-14-10-12(6-7-13(14)29-18(20)21)16-15(17(24)28-9-8-26-4)11(2)23(3)19(25)22-16/h6-7,10,16,18H,5,8-9H2,1-4H3,(H,22,25)/t16-/m1/s1. The second-order valence-corrected chi connectivity index (χ2v) is 6.09. The first kappa shape index (κ1) is 22.4. The molecule has 0 unspecified atom stereocenters. The van der Waals surface area contributed by atoms with Crippen molar-refractivity contribution in [3.63, 3.8) is 0 Å². The van der Waals surface area contributed by atoms with Gasteiger partial charge < -0.3 is 29.2 Å². The number of rotatable bonds is 9. The second kappa shape index (κ2) is 10.1. The van der Waals surface area contributed by atoms with E-state index in [4.69, 9.17) is 14.2 Å². The van der Waals surface area contributed by atoms with E-state index in [-0.39, 0.29) is 36.9 Å². The van der Waals surface area contributed by atoms with Gasteiger partial charge in [-0.3, -0.25) is 0 Å². The van der Waals surface area contributed by atoms with Crippen molar-refractivity contribution in [2.75, 3.05) is 34.0 Å². The van der Waals surface area contributed by atoms with E-state index < -0.39 is 24.7 Å². The fourth-order valence-electron chi connectivity index (χ4n) is 2.81. The minimum atomic E-state index is -3.02. The molecule has 2 amide bonds. The highest BCUT2D eigenvalue weighted by Gasteiger charge is 2.35. The van der Waals surface area contributed by atoms with Gasteiger partial charge in [0.05, 0.1) is 24.8 Å². The molecule has 1 aliphatic heterocycles. The van der Waals surface area contributed by atoms with Crippen molar-refractivity contribution in [3.8, 4) is 11.5 Å². The van der Waals surface area contributed by atoms with Crippen LogP contribution in [0.3, 0.4) is 0 Å². The molecule has 160 valence electrons. The lowest BCUT2D eigenvalue weighted by atomic mass is 9.94. The van der Waals surface area contributed by atoms with Gasteiger partial charge in [0, 0.05) is 19.9 Å². The van der Waals surface area contributed by atoms with Crippen molar-refractivity contribution in [3.05, 3.63) is 35.0 Å². The van der Waals surface area contributed by atoms with Crippen molar-refractivity contribution >= 4 is 12.0 Å². The van der Waals surface area contributed by atoms with Gasteiger partial charge in [0.1, 0.15) is 6.61 Å². The molecule has 1 atom stereocenters. The number of urea groups is 1. The van der Waals surface area contributed by atoms with Crippen molar-refractivity contribution in [1.29, 1.82) is 0 Å². The summed E-state index contributed by atoms with van der Waals surface area (Å²) in [6.45, 7) is 0.774. The van der Waals surface area contributed by atoms with Crippen molar-refractivity contribution in [2.24, 2.45) is 0 Å². The number of nitrogens with zero attached hydrogens (tertiary/aromatic N) is 1. The molecule has 0 aliphatic carbocycles. The molecule has 0 saturated carbocycles. The Morgan fingerprint density at radius 2 is 2.00 bits per heavy atom. The fourth-order valence-corrected chi connectivity index (χ4v) is 2.81. The molecule has 29 heavy (non-hydrogen) atoms. The molecule has 0 bridgehead atoms. The van der Waals surface area contributed by atoms with Gasteiger partial charge in [0.2, 0.25) is 0 Å². The third-order valence-corrected chi connectivity index (χ3v) is 4.31. The first-order chi connectivity index (χ1) is 13.8. The van der Waals surface area contributed by atoms with Crippen LogP contribution in [0.5, 0.6) is 11.5 Å². The first-order valence-electron chi connectivity index (χ1n) is 8.92. The number of carbonyl (C=O) groups is 2. The highest BCUT2D eigenvalue weighted by Crippen LogP contribution is 2.36. The van der Waals surface area contributed by atoms with Crippen LogP contribution in [-0.2, 0) is 14.3 Å². The summed E-state index contributed by atoms with van der Waals surface area (Å²) in [6, 6.07) is 2.96. The third-order valence-electron chi connectivity index (χ3n) is 4.31. The van der Waals surface area contributed by atoms with E-state index in [1.54, 1.807) is 13.8 Å². The monoisotopic (exact) mass is 414 g/mol. The zero-order chi connectivity index (χ0) is 21.6. The van der Waals surface area contributed by atoms with E-state index >= 15 is 0 Å². The molecule has 0 spiro atoms. The summed E-state index contributed by atoms with van der Waals surface area (Å²) in [5.41, 5.74) is 1.08. The van der Waals surface area contributed by atoms with E-state index in [1.807, 2.05) is 0 Å². The molecule has 1 heterocycles. The molecule has 0 saturated heterocycles. The number of allylic oxidation sites excluding steroid dienone is 1. The van der Waals surface area contributed by atoms with Crippen LogP contribution >= 0.6 is 0 Å². The number of amides is 2. The van der Waals surface area contributed by atoms with Crippen LogP contribution in [0, 0.1) is 0 Å². The molecule has 1 N–H and O–H groups in total. The lowest BCUT2D eigenvalue weighted by Crippen LogP contribution is -2.46. The molecule has 2 rings (SSSR count). The van der Waals surface area contributed by atoms with Gasteiger partial charge in [-0.25, -0.2) is 9.59 Å². The fraction of sp³-hybridized carbons (Fsp3) is 0.474. The van der Waals surface area contributed by atoms with E-state index in [2.05, 4.69) is 10.1 Å². The Morgan fingerprint density at radius 3 is 2.62 bits per heavy atom. The van der Waals surface area contributed by atoms with Crippen molar-refractivity contribution < 1.29 is 37.3 Å². The molecular weight excluding hydrogens is 390 g/mol. The Labute approximate surface area is 167 Å². The summed E-state index contributed by atoms with van der Waals surface area (Å²) in [5.74, 6) is -0.694. The Kier molecular flexibility index (Phi) is 7.77. The summed E-state index contributed by atoms with van der Waals surface area (Å²) >= 11 is 0. The molecule has 1 aromatic carbocycles. The van der Waals surface area contributed by atoms with E-state index in [0.29, 0.717) is 11.3 Å². The van der Waals surface area contributed by atoms with Gasteiger partial charge in [-0.05, 0) is 31.5 Å². The maximum atomic E-state index is 12.7. The zero-order valence-corrected chi connectivity index (χ0v) is 16.7. The van der Waals surface area contributed by atoms with Crippen LogP contribution in [0.15, 0.2) is 29.5 Å². The van der Waals surface area contributed by atoms with Gasteiger partial charge in [-0.15, -0.1) is 0 Å². The SMILES string of the molecule is CCOc1cc([C@H]2NC(=O)N(C)C(C)=C2C(=O)OCCOC)ccc1OC(F)F. The average Bonchev–Trinajstić information content (AvgIpc) is 2.67. The number of hydrogen-bond acceptors (Lipinski definition) is 6. The van der Waals surface area contributed by atoms with Crippen LogP contribution < -0.4 is 14.8 Å². The minimum Gasteiger partial charge on any atom is -0.490 e. The number of ether oxygens (including phenoxy) is 4. The highest BCUT2D eigenvalue weighted by molar-refractivity contribution is 5.95. The topological polar surface area (TPSA) is 86.3 Å². The Hall–Kier alpha value is -2.88. The van der Waals surface area contributed by atoms with Gasteiger partial charge in [-0.1, -0.05) is 6.07 Å². The number of hydrogen-bond donors (Lipinski definition) is 1. The Balaban J connectivity index is 2.44. The number of nitrogens with one attached hydrogen (secondary N) is 1. The number of alkyl halides is 2. The summed E-state index contributed by atoms with van der Waals surface area (Å²) < 4.78 is 45.2. The Bertz CT molecular complexity index is 784. The quantitative estimate of drug-likeness (QED) is 0.494. The largest absolute Gasteiger partial charge is 0.490 e. The summed E-state index contributed by atoms with van der Waals surface area (Å²) in [5, 5.41) is 2.72. The van der Waals surface area contributed by atoms with Gasteiger partial charge >= 0.3 is 18.6 Å². The van der Waals surface area contributed by atoms with Crippen LogP contribution in [-0.4, -0.2) is 57.5 Å². The van der Waals surface area contributed by atoms with E-state index in [9.17, 15) is 18.4 Å². The predicted molar refractivity (Wildman–Crippen MR) is 98.8 cm³/mol. The summed E-state index contributed by atoms with van der Waals surface area (Å²) in [7, 11) is 3.00. The molecule has 0 radical (unpaired) electrons. The maximum Gasteiger partial charge on any atom is 0.387 e. The van der Waals surface area contributed by atoms with Crippen LogP contribution in [0.25, 0.3) is 0 Å². The van der Waals surface area contributed by atoms with Crippen LogP contribution in [0.1, 0.15) is 25.5 Å². The maximum absolute atomic E-state index is 12.7. The van der Waals surface area contributed by atoms with Crippen molar-refractivity contribution in [1.82, 2.24) is 10.2 Å². The van der Waals surface area contributed by atoms with Crippen molar-refractivity contribution in [2.45, 2.75) is 26.5 Å². The van der Waals surface area contributed by atoms with Crippen LogP contribution in [0.4, 0.5) is 13.6 Å². The lowest BCUT2D eigenvalue weighted by molar-refractivity contribution is -0.140. The number of esters is 1. The zero-order valence-electron chi connectivity index (χ0n) is 16.7. The van der Waals surface area contributed by atoms with Crippen LogP contribution in [0.2, 0.25) is 0 Å². The number of benzene rings is 1. The molecule has 1 aliphatic rings. The molecule has 0 fully saturated rings. The highest BCUT2D eigenvalue weighted by atomic mass is 19.3. The average molecular weight is 414 g/mol. The smallest absolute Gasteiger partial charge is 0.387 e. The van der Waals surface area contributed by atoms with Gasteiger partial charge in [0.25, 0.3) is 0 Å². The van der Waals surface area contributed by atoms with Gasteiger partial charge in [0.15, 0.2) is 11.5 Å². The Morgan fingerprint density at radius 1 is 1.28 bits per heavy atom. The minimum absolute atomic E-state index is 0.0435. The number of halogens is 2. The third kappa shape index (κ3) is 5.35. The van der Waals surface area contributed by atoms with E-state index in [1.165, 1.54) is 37.3 Å². The molecular formula is C19H24F2N2O6. The summed E-state index contributed by atoms with van der Waals surface area (Å²) in [6.07, 6.45) is 0. The molecule has 8 nitrogen and oxygen atoms in total. The second-order valence-electron chi connectivity index (χ2n) is 6.09. The normalized spacial score (nSPS) is 16.7. The van der Waals surface area contributed by atoms with Gasteiger partial charge in [-0.2, -0.15) is 8.78 Å². The molecule has 10 heteroatoms. The number of carbonyl (C=O) groups excluding carboxylic acids is 2. The first-order valence-corrected chi connectivity index (χ1v) is 8.92. The lowest BCUT2D eigenvalue weighted by Gasteiger charge is -2.33. The molecule has 0 aromatic heterocycles. The number of methoxy groups -OCH3 is 1. The molecule has 1 aromatic rings.